The van der Waals surface area contributed by atoms with Crippen LogP contribution in [0.25, 0.3) is 0 Å². The molecule has 3 rings (SSSR count). The molecule has 44 heavy (non-hydrogen) atoms. The maximum atomic E-state index is 13.7. The molecule has 1 aromatic carbocycles. The first-order valence-corrected chi connectivity index (χ1v) is 16.0. The number of alkyl carbamates (subject to hydrolysis) is 1. The lowest BCUT2D eigenvalue weighted by atomic mass is 9.82. The second-order valence-corrected chi connectivity index (χ2v) is 14.5. The lowest BCUT2D eigenvalue weighted by Gasteiger charge is -2.32. The number of amides is 3. The smallest absolute Gasteiger partial charge is 0.445 e. The summed E-state index contributed by atoms with van der Waals surface area (Å²) < 4.78 is 23.4. The number of likely N-dealkylation sites (N-methyl/N-ethyl adjacent to an activating group) is 1. The van der Waals surface area contributed by atoms with Crippen molar-refractivity contribution in [1.29, 1.82) is 0 Å². The molecule has 2 saturated heterocycles. The number of nitrogens with one attached hydrogen (secondary N) is 1. The number of hydrogen-bond acceptors (Lipinski definition) is 7. The molecule has 3 unspecified atom stereocenters. The van der Waals surface area contributed by atoms with Gasteiger partial charge >= 0.3 is 19.3 Å². The van der Waals surface area contributed by atoms with Crippen LogP contribution in [-0.2, 0) is 30.2 Å². The maximum absolute atomic E-state index is 13.7. The topological polar surface area (TPSA) is 107 Å². The van der Waals surface area contributed by atoms with E-state index in [1.165, 1.54) is 0 Å². The zero-order chi connectivity index (χ0) is 32.9. The van der Waals surface area contributed by atoms with E-state index < -0.39 is 17.7 Å². The van der Waals surface area contributed by atoms with Crippen molar-refractivity contribution < 1.29 is 33.2 Å². The highest BCUT2D eigenvalue weighted by atomic mass is 16.7. The standard InChI is InChI=1S/C33H54BN3O7/c1-23(2)27(35-29(39)42-31(3,4)5)28(38)36(10)26-20-25(18-14-15-19-34-43-32(6,7)33(8,9)44-34)37(21-26)30(40)41-22-24-16-12-11-13-17-24/h11-13,16-17,23,25-27H,14-15,18-22H2,1-10H3,(H,35,39). The number of likely N-dealkylation sites (tertiary alicyclic amines) is 1. The first kappa shape index (κ1) is 35.7. The Labute approximate surface area is 264 Å². The number of carbonyl (C=O) groups is 3. The maximum Gasteiger partial charge on any atom is 0.457 e. The van der Waals surface area contributed by atoms with E-state index in [1.54, 1.807) is 37.6 Å². The van der Waals surface area contributed by atoms with Crippen LogP contribution in [0, 0.1) is 5.92 Å². The van der Waals surface area contributed by atoms with E-state index in [0.29, 0.717) is 13.0 Å². The monoisotopic (exact) mass is 615 g/mol. The Hall–Kier alpha value is -2.79. The largest absolute Gasteiger partial charge is 0.457 e. The molecule has 1 N–H and O–H groups in total. The summed E-state index contributed by atoms with van der Waals surface area (Å²) in [6.07, 6.45) is 2.90. The van der Waals surface area contributed by atoms with Crippen molar-refractivity contribution in [3.8, 4) is 0 Å². The van der Waals surface area contributed by atoms with Gasteiger partial charge in [0.25, 0.3) is 0 Å². The van der Waals surface area contributed by atoms with Crippen LogP contribution in [0.2, 0.25) is 6.32 Å². The molecule has 2 aliphatic rings. The lowest BCUT2D eigenvalue weighted by Crippen LogP contribution is -2.54. The minimum atomic E-state index is -0.757. The third-order valence-electron chi connectivity index (χ3n) is 8.86. The molecular formula is C33H54BN3O7. The van der Waals surface area contributed by atoms with Crippen LogP contribution in [0.15, 0.2) is 30.3 Å². The van der Waals surface area contributed by atoms with Crippen molar-refractivity contribution in [1.82, 2.24) is 15.1 Å². The molecule has 2 fully saturated rings. The number of rotatable bonds is 11. The molecule has 0 saturated carbocycles. The summed E-state index contributed by atoms with van der Waals surface area (Å²) in [5, 5.41) is 2.76. The van der Waals surface area contributed by atoms with Gasteiger partial charge in [-0.15, -0.1) is 0 Å². The van der Waals surface area contributed by atoms with Crippen LogP contribution in [0.3, 0.4) is 0 Å². The third-order valence-corrected chi connectivity index (χ3v) is 8.86. The van der Waals surface area contributed by atoms with Crippen molar-refractivity contribution in [3.05, 3.63) is 35.9 Å². The molecule has 3 amide bonds. The van der Waals surface area contributed by atoms with Crippen LogP contribution in [0.5, 0.6) is 0 Å². The van der Waals surface area contributed by atoms with E-state index in [-0.39, 0.29) is 54.9 Å². The Bertz CT molecular complexity index is 1110. The van der Waals surface area contributed by atoms with Crippen LogP contribution >= 0.6 is 0 Å². The molecule has 1 aromatic rings. The molecule has 0 aromatic heterocycles. The summed E-state index contributed by atoms with van der Waals surface area (Å²) >= 11 is 0. The fraction of sp³-hybridized carbons (Fsp3) is 0.727. The van der Waals surface area contributed by atoms with Crippen molar-refractivity contribution in [2.24, 2.45) is 5.92 Å². The number of benzene rings is 1. The van der Waals surface area contributed by atoms with Gasteiger partial charge < -0.3 is 33.9 Å². The van der Waals surface area contributed by atoms with Crippen molar-refractivity contribution in [2.45, 2.75) is 136 Å². The molecule has 11 heteroatoms. The Balaban J connectivity index is 1.65. The highest BCUT2D eigenvalue weighted by molar-refractivity contribution is 6.45. The highest BCUT2D eigenvalue weighted by Crippen LogP contribution is 2.38. The average molecular weight is 616 g/mol. The summed E-state index contributed by atoms with van der Waals surface area (Å²) in [5.41, 5.74) is -0.490. The Morgan fingerprint density at radius 2 is 1.68 bits per heavy atom. The first-order chi connectivity index (χ1) is 20.4. The Morgan fingerprint density at radius 3 is 2.25 bits per heavy atom. The second-order valence-electron chi connectivity index (χ2n) is 14.5. The number of nitrogens with zero attached hydrogens (tertiary/aromatic N) is 2. The summed E-state index contributed by atoms with van der Waals surface area (Å²) in [7, 11) is 1.49. The third kappa shape index (κ3) is 9.61. The summed E-state index contributed by atoms with van der Waals surface area (Å²) in [6, 6.07) is 8.52. The van der Waals surface area contributed by atoms with Gasteiger partial charge in [-0.3, -0.25) is 4.79 Å². The highest BCUT2D eigenvalue weighted by Gasteiger charge is 2.50. The summed E-state index contributed by atoms with van der Waals surface area (Å²) in [4.78, 5) is 43.0. The molecule has 246 valence electrons. The fourth-order valence-corrected chi connectivity index (χ4v) is 5.59. The zero-order valence-electron chi connectivity index (χ0n) is 28.5. The van der Waals surface area contributed by atoms with Crippen molar-refractivity contribution >= 4 is 25.2 Å². The van der Waals surface area contributed by atoms with Gasteiger partial charge in [-0.05, 0) is 79.1 Å². The number of hydrogen-bond donors (Lipinski definition) is 1. The van der Waals surface area contributed by atoms with Gasteiger partial charge in [-0.1, -0.05) is 57.0 Å². The number of carbonyl (C=O) groups excluding carboxylic acids is 3. The fourth-order valence-electron chi connectivity index (χ4n) is 5.59. The van der Waals surface area contributed by atoms with Crippen molar-refractivity contribution in [3.63, 3.8) is 0 Å². The van der Waals surface area contributed by atoms with Gasteiger partial charge in [-0.25, -0.2) is 9.59 Å². The molecule has 10 nitrogen and oxygen atoms in total. The van der Waals surface area contributed by atoms with E-state index in [2.05, 4.69) is 33.0 Å². The summed E-state index contributed by atoms with van der Waals surface area (Å²) in [5.74, 6) is -0.369. The molecule has 0 bridgehead atoms. The van der Waals surface area contributed by atoms with Gasteiger partial charge in [0.15, 0.2) is 0 Å². The lowest BCUT2D eigenvalue weighted by molar-refractivity contribution is -0.135. The van der Waals surface area contributed by atoms with E-state index in [4.69, 9.17) is 18.8 Å². The molecule has 0 aliphatic carbocycles. The minimum absolute atomic E-state index is 0.0897. The van der Waals surface area contributed by atoms with Gasteiger partial charge in [0.1, 0.15) is 18.2 Å². The minimum Gasteiger partial charge on any atom is -0.445 e. The van der Waals surface area contributed by atoms with Gasteiger partial charge in [-0.2, -0.15) is 0 Å². The molecule has 0 radical (unpaired) electrons. The Kier molecular flexibility index (Phi) is 11.8. The van der Waals surface area contributed by atoms with E-state index in [9.17, 15) is 14.4 Å². The van der Waals surface area contributed by atoms with Crippen LogP contribution in [0.1, 0.15) is 93.6 Å². The average Bonchev–Trinajstić information content (AvgIpc) is 3.43. The van der Waals surface area contributed by atoms with Crippen LogP contribution < -0.4 is 5.32 Å². The van der Waals surface area contributed by atoms with Gasteiger partial charge in [0.2, 0.25) is 5.91 Å². The van der Waals surface area contributed by atoms with Gasteiger partial charge in [0, 0.05) is 19.6 Å². The van der Waals surface area contributed by atoms with Crippen molar-refractivity contribution in [2.75, 3.05) is 13.6 Å². The van der Waals surface area contributed by atoms with E-state index in [0.717, 1.165) is 31.1 Å². The predicted molar refractivity (Wildman–Crippen MR) is 171 cm³/mol. The molecule has 2 aliphatic heterocycles. The predicted octanol–water partition coefficient (Wildman–Crippen LogP) is 6.04. The SMILES string of the molecule is CC(C)C(NC(=O)OC(C)(C)C)C(=O)N(C)C1CC(CCCCB2OC(C)(C)C(C)(C)O2)N(C(=O)OCc2ccccc2)C1. The Morgan fingerprint density at radius 1 is 1.07 bits per heavy atom. The normalized spacial score (nSPS) is 21.7. The molecule has 3 atom stereocenters. The number of ether oxygens (including phenoxy) is 2. The van der Waals surface area contributed by atoms with Gasteiger partial charge in [0.05, 0.1) is 17.2 Å². The zero-order valence-corrected chi connectivity index (χ0v) is 28.5. The first-order valence-electron chi connectivity index (χ1n) is 16.0. The summed E-state index contributed by atoms with van der Waals surface area (Å²) in [6.45, 7) is 17.9. The van der Waals surface area contributed by atoms with E-state index >= 15 is 0 Å². The van der Waals surface area contributed by atoms with Crippen LogP contribution in [-0.4, -0.2) is 83.5 Å². The molecular weight excluding hydrogens is 561 g/mol. The second kappa shape index (κ2) is 14.5. The quantitative estimate of drug-likeness (QED) is 0.239. The number of unbranched alkanes of at least 4 members (excludes halogenated alkanes) is 1. The van der Waals surface area contributed by atoms with Crippen LogP contribution in [0.4, 0.5) is 9.59 Å². The molecule has 2 heterocycles. The van der Waals surface area contributed by atoms with E-state index in [1.807, 2.05) is 44.2 Å². The molecule has 0 spiro atoms.